The van der Waals surface area contributed by atoms with Gasteiger partial charge in [-0.1, -0.05) is 63.4 Å². The second-order valence-electron chi connectivity index (χ2n) is 9.34. The molecule has 0 N–H and O–H groups in total. The van der Waals surface area contributed by atoms with Crippen molar-refractivity contribution in [2.75, 3.05) is 13.2 Å². The number of rotatable bonds is 3. The molecule has 0 amide bonds. The first kappa shape index (κ1) is 21.8. The van der Waals surface area contributed by atoms with Crippen molar-refractivity contribution in [1.29, 1.82) is 0 Å². The standard InChI is InChI=1S/C24H36O2.C2H6/c1-17-3-7-19(8-4-17)20-11-13-21(14-12-20)23-15-25-24(26-16-23)22-9-5-18(2)6-10-22;1-2/h3-4,7-8,18,20-24H,5-6,9-16H2,1-2H3;1-2H3. The molecule has 158 valence electrons. The van der Waals surface area contributed by atoms with Crippen LogP contribution in [0.2, 0.25) is 0 Å². The highest BCUT2D eigenvalue weighted by atomic mass is 16.7. The molecule has 1 aromatic carbocycles. The molecule has 4 rings (SSSR count). The van der Waals surface area contributed by atoms with E-state index in [1.165, 1.54) is 62.5 Å². The molecule has 0 unspecified atom stereocenters. The van der Waals surface area contributed by atoms with Gasteiger partial charge in [0.05, 0.1) is 13.2 Å². The van der Waals surface area contributed by atoms with E-state index in [1.54, 1.807) is 0 Å². The predicted octanol–water partition coefficient (Wildman–Crippen LogP) is 7.11. The zero-order chi connectivity index (χ0) is 19.9. The van der Waals surface area contributed by atoms with E-state index in [1.807, 2.05) is 13.8 Å². The SMILES string of the molecule is CC.Cc1ccc(C2CCC(C3COC(C4CCC(C)CC4)OC3)CC2)cc1. The fraction of sp³-hybridized carbons (Fsp3) is 0.769. The summed E-state index contributed by atoms with van der Waals surface area (Å²) in [7, 11) is 0. The first-order valence-corrected chi connectivity index (χ1v) is 12.0. The van der Waals surface area contributed by atoms with Crippen LogP contribution in [-0.4, -0.2) is 19.5 Å². The summed E-state index contributed by atoms with van der Waals surface area (Å²) >= 11 is 0. The van der Waals surface area contributed by atoms with Crippen molar-refractivity contribution in [3.05, 3.63) is 35.4 Å². The Labute approximate surface area is 173 Å². The lowest BCUT2D eigenvalue weighted by molar-refractivity contribution is -0.236. The lowest BCUT2D eigenvalue weighted by Gasteiger charge is -2.41. The smallest absolute Gasteiger partial charge is 0.160 e. The Balaban J connectivity index is 0.00000109. The molecule has 2 nitrogen and oxygen atoms in total. The van der Waals surface area contributed by atoms with Crippen LogP contribution in [0.4, 0.5) is 0 Å². The van der Waals surface area contributed by atoms with Crippen LogP contribution in [0.3, 0.4) is 0 Å². The van der Waals surface area contributed by atoms with Gasteiger partial charge in [0, 0.05) is 11.8 Å². The molecule has 1 aliphatic heterocycles. The van der Waals surface area contributed by atoms with Gasteiger partial charge in [0.15, 0.2) is 6.29 Å². The average molecular weight is 387 g/mol. The summed E-state index contributed by atoms with van der Waals surface area (Å²) < 4.78 is 12.4. The van der Waals surface area contributed by atoms with E-state index in [0.29, 0.717) is 11.8 Å². The van der Waals surface area contributed by atoms with Crippen LogP contribution in [0.1, 0.15) is 89.2 Å². The Hall–Kier alpha value is -0.860. The van der Waals surface area contributed by atoms with Crippen LogP contribution in [0.5, 0.6) is 0 Å². The lowest BCUT2D eigenvalue weighted by Crippen LogP contribution is -2.41. The molecule has 0 atom stereocenters. The molecule has 2 saturated carbocycles. The summed E-state index contributed by atoms with van der Waals surface area (Å²) in [6.07, 6.45) is 10.7. The third-order valence-corrected chi connectivity index (χ3v) is 7.38. The maximum absolute atomic E-state index is 6.22. The Morgan fingerprint density at radius 3 is 1.79 bits per heavy atom. The van der Waals surface area contributed by atoms with Gasteiger partial charge in [0.2, 0.25) is 0 Å². The molecule has 1 saturated heterocycles. The summed E-state index contributed by atoms with van der Waals surface area (Å²) in [4.78, 5) is 0. The summed E-state index contributed by atoms with van der Waals surface area (Å²) in [5, 5.41) is 0. The summed E-state index contributed by atoms with van der Waals surface area (Å²) in [5.74, 6) is 3.71. The van der Waals surface area contributed by atoms with Gasteiger partial charge in [-0.15, -0.1) is 0 Å². The van der Waals surface area contributed by atoms with E-state index in [2.05, 4.69) is 38.1 Å². The maximum atomic E-state index is 6.22. The Bertz CT molecular complexity index is 542. The van der Waals surface area contributed by atoms with E-state index in [4.69, 9.17) is 9.47 Å². The fourth-order valence-corrected chi connectivity index (χ4v) is 5.40. The minimum atomic E-state index is 0.0858. The number of hydrogen-bond acceptors (Lipinski definition) is 2. The van der Waals surface area contributed by atoms with Crippen LogP contribution >= 0.6 is 0 Å². The fourth-order valence-electron chi connectivity index (χ4n) is 5.40. The van der Waals surface area contributed by atoms with E-state index < -0.39 is 0 Å². The topological polar surface area (TPSA) is 18.5 Å². The zero-order valence-electron chi connectivity index (χ0n) is 18.7. The minimum absolute atomic E-state index is 0.0858. The summed E-state index contributed by atoms with van der Waals surface area (Å²) in [6.45, 7) is 10.4. The van der Waals surface area contributed by atoms with Gasteiger partial charge < -0.3 is 9.47 Å². The first-order valence-electron chi connectivity index (χ1n) is 12.0. The van der Waals surface area contributed by atoms with Gasteiger partial charge in [-0.05, 0) is 68.8 Å². The van der Waals surface area contributed by atoms with Crippen molar-refractivity contribution in [1.82, 2.24) is 0 Å². The number of benzene rings is 1. The highest BCUT2D eigenvalue weighted by Crippen LogP contribution is 2.41. The van der Waals surface area contributed by atoms with Crippen molar-refractivity contribution >= 4 is 0 Å². The molecule has 0 bridgehead atoms. The van der Waals surface area contributed by atoms with Crippen LogP contribution in [-0.2, 0) is 9.47 Å². The maximum Gasteiger partial charge on any atom is 0.160 e. The average Bonchev–Trinajstić information content (AvgIpc) is 2.77. The predicted molar refractivity (Wildman–Crippen MR) is 118 cm³/mol. The summed E-state index contributed by atoms with van der Waals surface area (Å²) in [5.41, 5.74) is 2.90. The highest BCUT2D eigenvalue weighted by molar-refractivity contribution is 5.24. The van der Waals surface area contributed by atoms with Crippen molar-refractivity contribution in [2.24, 2.45) is 23.7 Å². The molecule has 28 heavy (non-hydrogen) atoms. The van der Waals surface area contributed by atoms with Gasteiger partial charge in [0.1, 0.15) is 0 Å². The van der Waals surface area contributed by atoms with Crippen LogP contribution in [0.25, 0.3) is 0 Å². The molecule has 0 aromatic heterocycles. The zero-order valence-corrected chi connectivity index (χ0v) is 18.7. The molecular formula is C26H42O2. The monoisotopic (exact) mass is 386 g/mol. The largest absolute Gasteiger partial charge is 0.352 e. The third kappa shape index (κ3) is 5.60. The number of aryl methyl sites for hydroxylation is 1. The Morgan fingerprint density at radius 1 is 0.679 bits per heavy atom. The highest BCUT2D eigenvalue weighted by Gasteiger charge is 2.35. The van der Waals surface area contributed by atoms with Crippen LogP contribution < -0.4 is 0 Å². The molecular weight excluding hydrogens is 344 g/mol. The molecule has 0 spiro atoms. The second-order valence-corrected chi connectivity index (χ2v) is 9.34. The Morgan fingerprint density at radius 2 is 1.21 bits per heavy atom. The molecule has 0 radical (unpaired) electrons. The Kier molecular flexibility index (Phi) is 8.41. The van der Waals surface area contributed by atoms with Gasteiger partial charge in [-0.25, -0.2) is 0 Å². The second kappa shape index (κ2) is 10.8. The molecule has 1 aromatic rings. The lowest BCUT2D eigenvalue weighted by atomic mass is 9.74. The van der Waals surface area contributed by atoms with E-state index in [0.717, 1.165) is 31.0 Å². The van der Waals surface area contributed by atoms with Gasteiger partial charge in [-0.3, -0.25) is 0 Å². The third-order valence-electron chi connectivity index (χ3n) is 7.38. The minimum Gasteiger partial charge on any atom is -0.352 e. The van der Waals surface area contributed by atoms with Crippen molar-refractivity contribution in [2.45, 2.75) is 91.3 Å². The quantitative estimate of drug-likeness (QED) is 0.551. The molecule has 2 aliphatic carbocycles. The first-order chi connectivity index (χ1) is 13.7. The van der Waals surface area contributed by atoms with Gasteiger partial charge in [-0.2, -0.15) is 0 Å². The van der Waals surface area contributed by atoms with E-state index >= 15 is 0 Å². The molecule has 2 heteroatoms. The van der Waals surface area contributed by atoms with Crippen LogP contribution in [0, 0.1) is 30.6 Å². The molecule has 3 aliphatic rings. The number of ether oxygens (including phenoxy) is 2. The van der Waals surface area contributed by atoms with E-state index in [-0.39, 0.29) is 6.29 Å². The molecule has 1 heterocycles. The van der Waals surface area contributed by atoms with Crippen LogP contribution in [0.15, 0.2) is 24.3 Å². The van der Waals surface area contributed by atoms with Gasteiger partial charge >= 0.3 is 0 Å². The van der Waals surface area contributed by atoms with Crippen molar-refractivity contribution in [3.63, 3.8) is 0 Å². The number of hydrogen-bond donors (Lipinski definition) is 0. The van der Waals surface area contributed by atoms with E-state index in [9.17, 15) is 0 Å². The molecule has 3 fully saturated rings. The van der Waals surface area contributed by atoms with Gasteiger partial charge in [0.25, 0.3) is 0 Å². The van der Waals surface area contributed by atoms with Crippen molar-refractivity contribution in [3.8, 4) is 0 Å². The van der Waals surface area contributed by atoms with Crippen molar-refractivity contribution < 1.29 is 9.47 Å². The summed E-state index contributed by atoms with van der Waals surface area (Å²) in [6, 6.07) is 9.19. The normalized spacial score (nSPS) is 36.3.